The predicted octanol–water partition coefficient (Wildman–Crippen LogP) is 4.83. The first-order valence-electron chi connectivity index (χ1n) is 16.9. The number of rotatable bonds is 9. The third-order valence-electron chi connectivity index (χ3n) is 9.89. The summed E-state index contributed by atoms with van der Waals surface area (Å²) in [5, 5.41) is 0. The summed E-state index contributed by atoms with van der Waals surface area (Å²) in [6.45, 7) is 2.83. The van der Waals surface area contributed by atoms with Crippen LogP contribution in [0, 0.1) is 13.8 Å². The molecule has 3 heterocycles. The lowest BCUT2D eigenvalue weighted by atomic mass is 9.83. The molecule has 1 fully saturated rings. The zero-order chi connectivity index (χ0) is 37.6. The summed E-state index contributed by atoms with van der Waals surface area (Å²) in [6.07, 6.45) is -0.672. The van der Waals surface area contributed by atoms with Crippen molar-refractivity contribution >= 4 is 33.9 Å². The van der Waals surface area contributed by atoms with Crippen LogP contribution in [0.5, 0.6) is 17.2 Å². The molecule has 0 radical (unpaired) electrons. The molecule has 4 aromatic carbocycles. The Morgan fingerprint density at radius 2 is 1.43 bits per heavy atom. The van der Waals surface area contributed by atoms with E-state index in [2.05, 4.69) is 0 Å². The normalized spacial score (nSPS) is 18.0. The van der Waals surface area contributed by atoms with E-state index in [-0.39, 0.29) is 65.9 Å². The number of carbonyl (C=O) groups is 4. The Labute approximate surface area is 306 Å². The number of nitrogens with zero attached hydrogens (tertiary/aromatic N) is 3. The average molecular weight is 740 g/mol. The molecule has 4 aromatic rings. The van der Waals surface area contributed by atoms with Gasteiger partial charge in [0.2, 0.25) is 5.91 Å². The van der Waals surface area contributed by atoms with Gasteiger partial charge in [-0.05, 0) is 50.1 Å². The maximum atomic E-state index is 14.2. The van der Waals surface area contributed by atoms with Crippen LogP contribution in [0.3, 0.4) is 0 Å². The predicted molar refractivity (Wildman–Crippen MR) is 190 cm³/mol. The van der Waals surface area contributed by atoms with E-state index in [9.17, 15) is 27.6 Å². The van der Waals surface area contributed by atoms with Gasteiger partial charge >= 0.3 is 16.2 Å². The maximum absolute atomic E-state index is 14.2. The molecule has 53 heavy (non-hydrogen) atoms. The van der Waals surface area contributed by atoms with Gasteiger partial charge in [0.25, 0.3) is 11.8 Å². The second-order valence-electron chi connectivity index (χ2n) is 13.1. The van der Waals surface area contributed by atoms with Crippen LogP contribution in [-0.4, -0.2) is 86.8 Å². The number of hydrogen-bond donors (Lipinski definition) is 0. The Kier molecular flexibility index (Phi) is 9.32. The van der Waals surface area contributed by atoms with Crippen LogP contribution >= 0.6 is 0 Å². The zero-order valence-electron chi connectivity index (χ0n) is 29.5. The van der Waals surface area contributed by atoms with Crippen LogP contribution in [0.2, 0.25) is 0 Å². The van der Waals surface area contributed by atoms with Crippen molar-refractivity contribution in [2.75, 3.05) is 33.9 Å². The average Bonchev–Trinajstić information content (AvgIpc) is 3.39. The molecule has 0 saturated carbocycles. The molecule has 0 aliphatic carbocycles. The van der Waals surface area contributed by atoms with Crippen LogP contribution in [-0.2, 0) is 32.7 Å². The van der Waals surface area contributed by atoms with Crippen LogP contribution in [0.15, 0.2) is 83.8 Å². The van der Waals surface area contributed by atoms with E-state index in [1.807, 2.05) is 37.3 Å². The van der Waals surface area contributed by atoms with Gasteiger partial charge in [-0.1, -0.05) is 60.2 Å². The Morgan fingerprint density at radius 3 is 2.06 bits per heavy atom. The van der Waals surface area contributed by atoms with Gasteiger partial charge in [0, 0.05) is 23.2 Å². The summed E-state index contributed by atoms with van der Waals surface area (Å²) < 4.78 is 50.9. The van der Waals surface area contributed by atoms with Gasteiger partial charge in [0.1, 0.15) is 18.0 Å². The molecular weight excluding hydrogens is 703 g/mol. The molecule has 0 N–H and O–H groups in total. The molecule has 0 spiro atoms. The number of fused-ring (bicyclic) bond motifs is 3. The number of piperazine rings is 1. The third kappa shape index (κ3) is 6.32. The summed E-state index contributed by atoms with van der Waals surface area (Å²) >= 11 is 0. The third-order valence-corrected chi connectivity index (χ3v) is 11.1. The summed E-state index contributed by atoms with van der Waals surface area (Å²) in [5.41, 5.74) is 3.08. The van der Waals surface area contributed by atoms with Crippen LogP contribution in [0.1, 0.15) is 54.6 Å². The molecule has 1 saturated heterocycles. The van der Waals surface area contributed by atoms with Gasteiger partial charge in [0.05, 0.1) is 44.0 Å². The lowest BCUT2D eigenvalue weighted by Crippen LogP contribution is -2.62. The minimum absolute atomic E-state index is 0.00497. The number of imide groups is 1. The Bertz CT molecular complexity index is 2210. The van der Waals surface area contributed by atoms with Crippen molar-refractivity contribution in [2.45, 2.75) is 43.9 Å². The minimum atomic E-state index is -4.40. The summed E-state index contributed by atoms with van der Waals surface area (Å²) in [5.74, 6) is -1.25. The fraction of sp³-hybridized carbons (Fsp3) is 0.282. The first-order chi connectivity index (χ1) is 25.4. The first kappa shape index (κ1) is 35.5. The minimum Gasteiger partial charge on any atom is -0.492 e. The van der Waals surface area contributed by atoms with E-state index in [4.69, 9.17) is 18.4 Å². The van der Waals surface area contributed by atoms with Gasteiger partial charge in [-0.25, -0.2) is 4.79 Å². The molecule has 3 aliphatic rings. The van der Waals surface area contributed by atoms with E-state index < -0.39 is 46.0 Å². The standard InChI is InChI=1S/C39H37N3O10S/c1-23-14-16-27(17-15-23)53(47,48)52-34-24(2)35(49-3)36(50-4)33-30(34)18-26-19-40(39(46)51-22-25-10-6-5-7-11-25)21-32(43)42(26)31(33)20-41-37(44)28-12-8-9-13-29(28)38(41)45/h5-17,26,31H,18-22H2,1-4H3/t26-,31-/m0/s1. The lowest BCUT2D eigenvalue weighted by molar-refractivity contribution is -0.143. The quantitative estimate of drug-likeness (QED) is 0.173. The van der Waals surface area contributed by atoms with E-state index in [0.717, 1.165) is 16.0 Å². The number of carbonyl (C=O) groups excluding carboxylic acids is 4. The SMILES string of the molecule is COc1c(C)c(OS(=O)(=O)c2ccc(C)cc2)c2c(c1OC)[C@H](CN1C(=O)c3ccccc3C1=O)N1C(=O)CN(C(=O)OCc3ccccc3)C[C@@H]1C2. The fourth-order valence-electron chi connectivity index (χ4n) is 7.39. The number of hydrogen-bond acceptors (Lipinski definition) is 10. The Balaban J connectivity index is 1.34. The highest BCUT2D eigenvalue weighted by molar-refractivity contribution is 7.87. The van der Waals surface area contributed by atoms with Crippen LogP contribution in [0.4, 0.5) is 4.79 Å². The molecule has 0 aromatic heterocycles. The highest BCUT2D eigenvalue weighted by atomic mass is 32.2. The number of aryl methyl sites for hydroxylation is 1. The van der Waals surface area contributed by atoms with Crippen molar-refractivity contribution < 1.29 is 46.0 Å². The van der Waals surface area contributed by atoms with E-state index in [1.165, 1.54) is 31.3 Å². The van der Waals surface area contributed by atoms with E-state index in [1.54, 1.807) is 48.2 Å². The van der Waals surface area contributed by atoms with E-state index >= 15 is 0 Å². The summed E-state index contributed by atoms with van der Waals surface area (Å²) in [6, 6.07) is 20.0. The fourth-order valence-corrected chi connectivity index (χ4v) is 8.40. The number of ether oxygens (including phenoxy) is 3. The van der Waals surface area contributed by atoms with Gasteiger partial charge in [0.15, 0.2) is 17.2 Å². The van der Waals surface area contributed by atoms with E-state index in [0.29, 0.717) is 16.7 Å². The lowest BCUT2D eigenvalue weighted by Gasteiger charge is -2.49. The van der Waals surface area contributed by atoms with Gasteiger partial charge in [-0.15, -0.1) is 0 Å². The van der Waals surface area contributed by atoms with Crippen molar-refractivity contribution in [3.8, 4) is 17.2 Å². The molecule has 4 amide bonds. The molecule has 0 unspecified atom stereocenters. The largest absolute Gasteiger partial charge is 0.492 e. The molecule has 14 heteroatoms. The highest BCUT2D eigenvalue weighted by Gasteiger charge is 2.49. The number of amides is 4. The molecule has 13 nitrogen and oxygen atoms in total. The van der Waals surface area contributed by atoms with Crippen molar-refractivity contribution in [1.82, 2.24) is 14.7 Å². The molecule has 274 valence electrons. The van der Waals surface area contributed by atoms with Crippen molar-refractivity contribution in [3.05, 3.63) is 118 Å². The first-order valence-corrected chi connectivity index (χ1v) is 18.3. The number of benzene rings is 4. The van der Waals surface area contributed by atoms with Crippen LogP contribution < -0.4 is 13.7 Å². The van der Waals surface area contributed by atoms with Gasteiger partial charge in [-0.2, -0.15) is 8.42 Å². The summed E-state index contributed by atoms with van der Waals surface area (Å²) in [4.78, 5) is 58.9. The topological polar surface area (TPSA) is 149 Å². The number of methoxy groups -OCH3 is 2. The zero-order valence-corrected chi connectivity index (χ0v) is 30.3. The summed E-state index contributed by atoms with van der Waals surface area (Å²) in [7, 11) is -1.60. The van der Waals surface area contributed by atoms with Crippen molar-refractivity contribution in [2.24, 2.45) is 0 Å². The smallest absolute Gasteiger partial charge is 0.410 e. The van der Waals surface area contributed by atoms with Crippen molar-refractivity contribution in [1.29, 1.82) is 0 Å². The van der Waals surface area contributed by atoms with Gasteiger partial charge < -0.3 is 23.3 Å². The highest BCUT2D eigenvalue weighted by Crippen LogP contribution is 2.52. The molecule has 2 atom stereocenters. The maximum Gasteiger partial charge on any atom is 0.410 e. The van der Waals surface area contributed by atoms with Crippen LogP contribution in [0.25, 0.3) is 0 Å². The molecule has 0 bridgehead atoms. The Hall–Kier alpha value is -5.89. The molecule has 3 aliphatic heterocycles. The Morgan fingerprint density at radius 1 is 0.811 bits per heavy atom. The molecular formula is C39H37N3O10S. The molecule has 7 rings (SSSR count). The monoisotopic (exact) mass is 739 g/mol. The van der Waals surface area contributed by atoms with Crippen molar-refractivity contribution in [3.63, 3.8) is 0 Å². The second kappa shape index (κ2) is 13.9. The van der Waals surface area contributed by atoms with Gasteiger partial charge in [-0.3, -0.25) is 24.2 Å². The second-order valence-corrected chi connectivity index (χ2v) is 14.7.